The number of methoxy groups -OCH3 is 3. The molecule has 2 aromatic carbocycles. The molecule has 0 fully saturated rings. The van der Waals surface area contributed by atoms with Crippen LogP contribution in [0.5, 0.6) is 17.2 Å². The van der Waals surface area contributed by atoms with Gasteiger partial charge in [0, 0.05) is 12.1 Å². The average Bonchev–Trinajstić information content (AvgIpc) is 3.17. The molecule has 0 saturated heterocycles. The van der Waals surface area contributed by atoms with Gasteiger partial charge in [-0.15, -0.1) is 0 Å². The van der Waals surface area contributed by atoms with Crippen LogP contribution in [0.1, 0.15) is 27.2 Å². The highest BCUT2D eigenvalue weighted by Crippen LogP contribution is 2.34. The number of hydrogen-bond acceptors (Lipinski definition) is 5. The molecule has 0 atom stereocenters. The van der Waals surface area contributed by atoms with E-state index in [9.17, 15) is 18.0 Å². The lowest BCUT2D eigenvalue weighted by atomic mass is 10.1. The zero-order valence-corrected chi connectivity index (χ0v) is 17.9. The number of aromatic nitrogens is 2. The Labute approximate surface area is 182 Å². The SMILES string of the molecule is COc1cc(OC)c(CNC(=O)c2cnn(-c3cccc(C(F)(F)F)c3)c2C)c(OC)c1. The van der Waals surface area contributed by atoms with Crippen LogP contribution in [-0.4, -0.2) is 37.0 Å². The van der Waals surface area contributed by atoms with E-state index in [2.05, 4.69) is 10.4 Å². The Morgan fingerprint density at radius 2 is 1.72 bits per heavy atom. The van der Waals surface area contributed by atoms with Gasteiger partial charge in [-0.2, -0.15) is 18.3 Å². The zero-order valence-electron chi connectivity index (χ0n) is 17.9. The third-order valence-corrected chi connectivity index (χ3v) is 4.92. The van der Waals surface area contributed by atoms with Crippen LogP contribution < -0.4 is 19.5 Å². The number of nitrogens with zero attached hydrogens (tertiary/aromatic N) is 2. The van der Waals surface area contributed by atoms with Gasteiger partial charge in [-0.25, -0.2) is 4.68 Å². The van der Waals surface area contributed by atoms with E-state index in [0.717, 1.165) is 12.1 Å². The molecule has 10 heteroatoms. The Hall–Kier alpha value is -3.69. The summed E-state index contributed by atoms with van der Waals surface area (Å²) in [6, 6.07) is 8.08. The molecular weight excluding hydrogens is 427 g/mol. The molecule has 1 aromatic heterocycles. The van der Waals surface area contributed by atoms with Crippen molar-refractivity contribution in [2.24, 2.45) is 0 Å². The van der Waals surface area contributed by atoms with Gasteiger partial charge >= 0.3 is 6.18 Å². The van der Waals surface area contributed by atoms with Crippen LogP contribution in [0, 0.1) is 6.92 Å². The van der Waals surface area contributed by atoms with Crippen LogP contribution >= 0.6 is 0 Å². The average molecular weight is 449 g/mol. The number of alkyl halides is 3. The first kappa shape index (κ1) is 23.0. The second kappa shape index (κ2) is 9.21. The van der Waals surface area contributed by atoms with Crippen LogP contribution in [0.4, 0.5) is 13.2 Å². The summed E-state index contributed by atoms with van der Waals surface area (Å²) in [4.78, 5) is 12.8. The minimum Gasteiger partial charge on any atom is -0.496 e. The number of nitrogens with one attached hydrogen (secondary N) is 1. The molecule has 0 unspecified atom stereocenters. The van der Waals surface area contributed by atoms with Crippen molar-refractivity contribution in [1.82, 2.24) is 15.1 Å². The monoisotopic (exact) mass is 449 g/mol. The number of ether oxygens (including phenoxy) is 3. The maximum Gasteiger partial charge on any atom is 0.416 e. The zero-order chi connectivity index (χ0) is 23.5. The van der Waals surface area contributed by atoms with E-state index >= 15 is 0 Å². The van der Waals surface area contributed by atoms with Crippen LogP contribution in [0.25, 0.3) is 5.69 Å². The summed E-state index contributed by atoms with van der Waals surface area (Å²) < 4.78 is 56.3. The van der Waals surface area contributed by atoms with E-state index in [-0.39, 0.29) is 17.8 Å². The number of halogens is 3. The topological polar surface area (TPSA) is 74.6 Å². The highest BCUT2D eigenvalue weighted by Gasteiger charge is 2.30. The number of rotatable bonds is 7. The van der Waals surface area contributed by atoms with Gasteiger partial charge in [-0.3, -0.25) is 4.79 Å². The quantitative estimate of drug-likeness (QED) is 0.587. The lowest BCUT2D eigenvalue weighted by Gasteiger charge is -2.15. The fourth-order valence-corrected chi connectivity index (χ4v) is 3.22. The fraction of sp³-hybridized carbons (Fsp3) is 0.273. The van der Waals surface area contributed by atoms with Gasteiger partial charge in [0.2, 0.25) is 0 Å². The number of hydrogen-bond donors (Lipinski definition) is 1. The molecule has 1 amide bonds. The second-order valence-electron chi connectivity index (χ2n) is 6.80. The minimum atomic E-state index is -4.48. The highest BCUT2D eigenvalue weighted by molar-refractivity contribution is 5.95. The van der Waals surface area contributed by atoms with E-state index in [1.165, 1.54) is 44.3 Å². The largest absolute Gasteiger partial charge is 0.496 e. The van der Waals surface area contributed by atoms with Crippen molar-refractivity contribution in [2.75, 3.05) is 21.3 Å². The molecule has 0 spiro atoms. The van der Waals surface area contributed by atoms with Crippen molar-refractivity contribution < 1.29 is 32.2 Å². The highest BCUT2D eigenvalue weighted by atomic mass is 19.4. The lowest BCUT2D eigenvalue weighted by molar-refractivity contribution is -0.137. The van der Waals surface area contributed by atoms with E-state index in [4.69, 9.17) is 14.2 Å². The molecule has 0 aliphatic rings. The molecule has 0 aliphatic heterocycles. The van der Waals surface area contributed by atoms with E-state index in [1.807, 2.05) is 0 Å². The third-order valence-electron chi connectivity index (χ3n) is 4.92. The fourth-order valence-electron chi connectivity index (χ4n) is 3.22. The van der Waals surface area contributed by atoms with Crippen LogP contribution in [-0.2, 0) is 12.7 Å². The first-order valence-electron chi connectivity index (χ1n) is 9.49. The molecular formula is C22H22F3N3O4. The van der Waals surface area contributed by atoms with Crippen LogP contribution in [0.2, 0.25) is 0 Å². The van der Waals surface area contributed by atoms with Gasteiger partial charge in [-0.1, -0.05) is 6.07 Å². The molecule has 1 N–H and O–H groups in total. The maximum atomic E-state index is 13.0. The smallest absolute Gasteiger partial charge is 0.416 e. The van der Waals surface area contributed by atoms with Crippen molar-refractivity contribution in [1.29, 1.82) is 0 Å². The lowest BCUT2D eigenvalue weighted by Crippen LogP contribution is -2.24. The van der Waals surface area contributed by atoms with Crippen molar-refractivity contribution in [3.63, 3.8) is 0 Å². The predicted octanol–water partition coefficient (Wildman–Crippen LogP) is 4.16. The molecule has 3 aromatic rings. The Kier molecular flexibility index (Phi) is 6.61. The van der Waals surface area contributed by atoms with E-state index in [1.54, 1.807) is 19.1 Å². The van der Waals surface area contributed by atoms with Crippen molar-refractivity contribution >= 4 is 5.91 Å². The van der Waals surface area contributed by atoms with Crippen molar-refractivity contribution in [3.8, 4) is 22.9 Å². The minimum absolute atomic E-state index is 0.0867. The Morgan fingerprint density at radius 3 is 2.28 bits per heavy atom. The van der Waals surface area contributed by atoms with E-state index < -0.39 is 17.6 Å². The molecule has 7 nitrogen and oxygen atoms in total. The molecule has 0 saturated carbocycles. The van der Waals surface area contributed by atoms with Gasteiger partial charge in [0.15, 0.2) is 0 Å². The Bertz CT molecular complexity index is 1100. The summed E-state index contributed by atoms with van der Waals surface area (Å²) in [5.41, 5.74) is 0.640. The summed E-state index contributed by atoms with van der Waals surface area (Å²) in [5.74, 6) is 1.03. The molecule has 0 radical (unpaired) electrons. The summed E-state index contributed by atoms with van der Waals surface area (Å²) >= 11 is 0. The van der Waals surface area contributed by atoms with Gasteiger partial charge in [-0.05, 0) is 25.1 Å². The first-order valence-corrected chi connectivity index (χ1v) is 9.49. The second-order valence-corrected chi connectivity index (χ2v) is 6.80. The molecule has 170 valence electrons. The predicted molar refractivity (Wildman–Crippen MR) is 111 cm³/mol. The van der Waals surface area contributed by atoms with E-state index in [0.29, 0.717) is 28.5 Å². The third kappa shape index (κ3) is 4.63. The molecule has 0 bridgehead atoms. The number of carbonyl (C=O) groups is 1. The van der Waals surface area contributed by atoms with Crippen molar-refractivity contribution in [3.05, 3.63) is 65.0 Å². The molecule has 1 heterocycles. The summed E-state index contributed by atoms with van der Waals surface area (Å²) in [7, 11) is 4.49. The van der Waals surface area contributed by atoms with Crippen molar-refractivity contribution in [2.45, 2.75) is 19.6 Å². The Morgan fingerprint density at radius 1 is 1.06 bits per heavy atom. The van der Waals surface area contributed by atoms with Gasteiger partial charge in [0.25, 0.3) is 5.91 Å². The van der Waals surface area contributed by atoms with Crippen LogP contribution in [0.3, 0.4) is 0 Å². The maximum absolute atomic E-state index is 13.0. The van der Waals surface area contributed by atoms with Gasteiger partial charge < -0.3 is 19.5 Å². The Balaban J connectivity index is 1.84. The molecule has 0 aliphatic carbocycles. The summed E-state index contributed by atoms with van der Waals surface area (Å²) in [6.45, 7) is 1.69. The number of amides is 1. The molecule has 32 heavy (non-hydrogen) atoms. The normalized spacial score (nSPS) is 11.2. The standard InChI is InChI=1S/C22H22F3N3O4/c1-13-17(12-27-28(13)15-7-5-6-14(8-15)22(23,24)25)21(29)26-11-18-19(31-3)9-16(30-2)10-20(18)32-4/h5-10,12H,11H2,1-4H3,(H,26,29). The first-order chi connectivity index (χ1) is 15.2. The summed E-state index contributed by atoms with van der Waals surface area (Å²) in [5, 5.41) is 6.87. The van der Waals surface area contributed by atoms with Gasteiger partial charge in [0.05, 0.1) is 62.1 Å². The number of carbonyl (C=O) groups excluding carboxylic acids is 1. The molecule has 3 rings (SSSR count). The van der Waals surface area contributed by atoms with Gasteiger partial charge in [0.1, 0.15) is 17.2 Å². The number of benzene rings is 2. The summed E-state index contributed by atoms with van der Waals surface area (Å²) in [6.07, 6.45) is -3.17. The van der Waals surface area contributed by atoms with Crippen LogP contribution in [0.15, 0.2) is 42.6 Å².